The van der Waals surface area contributed by atoms with Crippen LogP contribution in [0.5, 0.6) is 0 Å². The van der Waals surface area contributed by atoms with Crippen LogP contribution in [0, 0.1) is 5.92 Å². The van der Waals surface area contributed by atoms with E-state index in [0.29, 0.717) is 12.3 Å². The van der Waals surface area contributed by atoms with Crippen LogP contribution in [-0.2, 0) is 19.2 Å². The summed E-state index contributed by atoms with van der Waals surface area (Å²) in [6, 6.07) is 0.359. The Hall–Kier alpha value is -1.72. The van der Waals surface area contributed by atoms with E-state index < -0.39 is 0 Å². The van der Waals surface area contributed by atoms with E-state index in [-0.39, 0.29) is 48.3 Å². The molecule has 0 unspecified atom stereocenters. The van der Waals surface area contributed by atoms with Crippen molar-refractivity contribution < 1.29 is 19.2 Å². The van der Waals surface area contributed by atoms with Gasteiger partial charge in [0.2, 0.25) is 11.8 Å². The number of rotatable bonds is 8. The summed E-state index contributed by atoms with van der Waals surface area (Å²) in [6.45, 7) is 1.41. The van der Waals surface area contributed by atoms with Gasteiger partial charge in [0, 0.05) is 18.5 Å². The summed E-state index contributed by atoms with van der Waals surface area (Å²) in [5, 5.41) is 5.84. The van der Waals surface area contributed by atoms with Gasteiger partial charge in [-0.3, -0.25) is 19.2 Å². The molecule has 0 aromatic heterocycles. The molecule has 25 heavy (non-hydrogen) atoms. The second-order valence-corrected chi connectivity index (χ2v) is 7.63. The van der Waals surface area contributed by atoms with E-state index in [0.717, 1.165) is 51.4 Å². The van der Waals surface area contributed by atoms with Gasteiger partial charge in [-0.15, -0.1) is 0 Å². The van der Waals surface area contributed by atoms with Gasteiger partial charge in [-0.1, -0.05) is 12.8 Å². The number of hydrogen-bond acceptors (Lipinski definition) is 4. The summed E-state index contributed by atoms with van der Waals surface area (Å²) in [5.41, 5.74) is 0. The fourth-order valence-corrected chi connectivity index (χ4v) is 3.94. The molecular weight excluding hydrogens is 320 g/mol. The normalized spacial score (nSPS) is 23.9. The van der Waals surface area contributed by atoms with E-state index in [1.54, 1.807) is 0 Å². The number of hydrogen-bond donors (Lipinski definition) is 2. The summed E-state index contributed by atoms with van der Waals surface area (Å²) in [6.07, 6.45) is 8.16. The summed E-state index contributed by atoms with van der Waals surface area (Å²) in [5.74, 6) is -0.169. The highest BCUT2D eigenvalue weighted by Gasteiger charge is 2.25. The second kappa shape index (κ2) is 9.68. The molecular formula is C19H30N2O4. The van der Waals surface area contributed by atoms with E-state index in [4.69, 9.17) is 0 Å². The molecule has 0 aromatic carbocycles. The first kappa shape index (κ1) is 19.6. The molecule has 2 aliphatic rings. The molecule has 0 saturated heterocycles. The summed E-state index contributed by atoms with van der Waals surface area (Å²) >= 11 is 0. The topological polar surface area (TPSA) is 92.3 Å². The third kappa shape index (κ3) is 7.36. The summed E-state index contributed by atoms with van der Waals surface area (Å²) in [4.78, 5) is 46.6. The maximum atomic E-state index is 12.1. The summed E-state index contributed by atoms with van der Waals surface area (Å²) in [7, 11) is 0. The molecule has 0 aliphatic heterocycles. The van der Waals surface area contributed by atoms with Crippen LogP contribution in [0.15, 0.2) is 0 Å². The van der Waals surface area contributed by atoms with E-state index in [2.05, 4.69) is 10.6 Å². The smallest absolute Gasteiger partial charge is 0.227 e. The van der Waals surface area contributed by atoms with E-state index in [1.165, 1.54) is 6.92 Å². The zero-order chi connectivity index (χ0) is 18.2. The molecule has 0 bridgehead atoms. The van der Waals surface area contributed by atoms with Crippen molar-refractivity contribution in [1.82, 2.24) is 10.6 Å². The van der Waals surface area contributed by atoms with Gasteiger partial charge in [-0.25, -0.2) is 0 Å². The lowest BCUT2D eigenvalue weighted by Crippen LogP contribution is -2.38. The Bertz CT molecular complexity index is 504. The Balaban J connectivity index is 1.62. The maximum absolute atomic E-state index is 12.1. The molecule has 2 N–H and O–H groups in total. The van der Waals surface area contributed by atoms with Gasteiger partial charge in [0.05, 0.1) is 12.8 Å². The first-order valence-corrected chi connectivity index (χ1v) is 9.52. The van der Waals surface area contributed by atoms with Crippen molar-refractivity contribution in [3.05, 3.63) is 0 Å². The number of amides is 2. The van der Waals surface area contributed by atoms with Crippen molar-refractivity contribution in [3.8, 4) is 0 Å². The first-order valence-electron chi connectivity index (χ1n) is 9.52. The molecule has 0 atom stereocenters. The monoisotopic (exact) mass is 350 g/mol. The zero-order valence-corrected chi connectivity index (χ0v) is 15.1. The Morgan fingerprint density at radius 3 is 1.84 bits per heavy atom. The van der Waals surface area contributed by atoms with Crippen molar-refractivity contribution in [3.63, 3.8) is 0 Å². The molecule has 0 spiro atoms. The lowest BCUT2D eigenvalue weighted by molar-refractivity contribution is -0.130. The maximum Gasteiger partial charge on any atom is 0.227 e. The fraction of sp³-hybridized carbons (Fsp3) is 0.789. The lowest BCUT2D eigenvalue weighted by Gasteiger charge is -2.28. The summed E-state index contributed by atoms with van der Waals surface area (Å²) < 4.78 is 0. The minimum atomic E-state index is -0.212. The number of carbonyl (C=O) groups is 4. The quantitative estimate of drug-likeness (QED) is 0.655. The van der Waals surface area contributed by atoms with E-state index >= 15 is 0 Å². The van der Waals surface area contributed by atoms with Crippen molar-refractivity contribution in [2.45, 2.75) is 89.6 Å². The van der Waals surface area contributed by atoms with Crippen molar-refractivity contribution in [2.24, 2.45) is 5.92 Å². The Labute approximate surface area is 149 Å². The predicted octanol–water partition coefficient (Wildman–Crippen LogP) is 2.05. The molecule has 2 fully saturated rings. The molecule has 2 saturated carbocycles. The molecule has 2 aliphatic carbocycles. The van der Waals surface area contributed by atoms with Crippen molar-refractivity contribution in [1.29, 1.82) is 0 Å². The van der Waals surface area contributed by atoms with Gasteiger partial charge < -0.3 is 10.6 Å². The van der Waals surface area contributed by atoms with Gasteiger partial charge in [-0.05, 0) is 51.4 Å². The Kier molecular flexibility index (Phi) is 7.59. The highest BCUT2D eigenvalue weighted by atomic mass is 16.2. The number of Topliss-reactive ketones (excluding diaryl/α,β-unsaturated/α-hetero) is 2. The van der Waals surface area contributed by atoms with E-state index in [9.17, 15) is 19.2 Å². The van der Waals surface area contributed by atoms with Crippen LogP contribution >= 0.6 is 0 Å². The molecule has 2 amide bonds. The number of carbonyl (C=O) groups excluding carboxylic acids is 4. The van der Waals surface area contributed by atoms with Crippen LogP contribution in [0.25, 0.3) is 0 Å². The average molecular weight is 350 g/mol. The molecule has 140 valence electrons. The van der Waals surface area contributed by atoms with Crippen LogP contribution in [-0.4, -0.2) is 35.5 Å². The van der Waals surface area contributed by atoms with Crippen LogP contribution in [0.2, 0.25) is 0 Å². The fourth-order valence-electron chi connectivity index (χ4n) is 3.94. The van der Waals surface area contributed by atoms with Gasteiger partial charge in [0.25, 0.3) is 0 Å². The minimum Gasteiger partial charge on any atom is -0.353 e. The van der Waals surface area contributed by atoms with Crippen LogP contribution in [0.3, 0.4) is 0 Å². The molecule has 6 nitrogen and oxygen atoms in total. The van der Waals surface area contributed by atoms with Crippen LogP contribution in [0.1, 0.15) is 77.6 Å². The highest BCUT2D eigenvalue weighted by molar-refractivity contribution is 5.98. The van der Waals surface area contributed by atoms with Gasteiger partial charge in [-0.2, -0.15) is 0 Å². The molecule has 6 heteroatoms. The number of ketones is 2. The average Bonchev–Trinajstić information content (AvgIpc) is 3.01. The van der Waals surface area contributed by atoms with Gasteiger partial charge in [0.1, 0.15) is 11.6 Å². The minimum absolute atomic E-state index is 0.00816. The van der Waals surface area contributed by atoms with Crippen molar-refractivity contribution >= 4 is 23.4 Å². The molecule has 0 radical (unpaired) electrons. The molecule has 0 aromatic rings. The predicted molar refractivity (Wildman–Crippen MR) is 93.8 cm³/mol. The lowest BCUT2D eigenvalue weighted by atomic mass is 9.82. The third-order valence-corrected chi connectivity index (χ3v) is 5.22. The van der Waals surface area contributed by atoms with Gasteiger partial charge in [0.15, 0.2) is 0 Å². The van der Waals surface area contributed by atoms with Crippen LogP contribution in [0.4, 0.5) is 0 Å². The van der Waals surface area contributed by atoms with E-state index in [1.807, 2.05) is 0 Å². The molecule has 0 heterocycles. The van der Waals surface area contributed by atoms with Gasteiger partial charge >= 0.3 is 0 Å². The number of nitrogens with one attached hydrogen (secondary N) is 2. The first-order chi connectivity index (χ1) is 11.9. The molecule has 2 rings (SSSR count). The highest BCUT2D eigenvalue weighted by Crippen LogP contribution is 2.27. The SMILES string of the molecule is CC(=O)CC(=O)NC1CCC(CC(=O)CC(=O)NC2CCCC2)CC1. The van der Waals surface area contributed by atoms with Crippen molar-refractivity contribution in [2.75, 3.05) is 0 Å². The second-order valence-electron chi connectivity index (χ2n) is 7.63. The largest absolute Gasteiger partial charge is 0.353 e. The Morgan fingerprint density at radius 1 is 0.760 bits per heavy atom. The van der Waals surface area contributed by atoms with Crippen LogP contribution < -0.4 is 10.6 Å². The zero-order valence-electron chi connectivity index (χ0n) is 15.1. The Morgan fingerprint density at radius 2 is 1.28 bits per heavy atom. The standard InChI is InChI=1S/C19H30N2O4/c1-13(22)10-18(24)21-16-8-6-14(7-9-16)11-17(23)12-19(25)20-15-4-2-3-5-15/h14-16H,2-12H2,1H3,(H,20,25)(H,21,24). The third-order valence-electron chi connectivity index (χ3n) is 5.22.